The van der Waals surface area contributed by atoms with Crippen molar-refractivity contribution in [2.45, 2.75) is 13.8 Å². The van der Waals surface area contributed by atoms with Crippen molar-refractivity contribution in [3.63, 3.8) is 0 Å². The second-order valence-electron chi connectivity index (χ2n) is 1.62. The van der Waals surface area contributed by atoms with Gasteiger partial charge in [0.05, 0.1) is 13.2 Å². The zero-order chi connectivity index (χ0) is 8.91. The van der Waals surface area contributed by atoms with Crippen molar-refractivity contribution in [2.24, 2.45) is 0 Å². The Hall–Kier alpha value is 0.590. The minimum Gasteiger partial charge on any atom is -0.305 e. The molecule has 0 aromatic rings. The first-order valence-corrected chi connectivity index (χ1v) is 5.59. The van der Waals surface area contributed by atoms with Crippen LogP contribution in [-0.2, 0) is 13.6 Å². The standard InChI is InChI=1S/C5H11O3PS2/c1-3-7-9(6,5(10)11)8-4-2/h3-4H2,1-2H3,(H,10,11). The van der Waals surface area contributed by atoms with Crippen LogP contribution < -0.4 is 0 Å². The predicted octanol–water partition coefficient (Wildman–Crippen LogP) is 2.47. The van der Waals surface area contributed by atoms with Crippen LogP contribution in [0.5, 0.6) is 0 Å². The highest BCUT2D eigenvalue weighted by Crippen LogP contribution is 2.50. The average molecular weight is 214 g/mol. The second-order valence-corrected chi connectivity index (χ2v) is 5.39. The molecule has 0 heterocycles. The Morgan fingerprint density at radius 1 is 1.45 bits per heavy atom. The third-order valence-corrected chi connectivity index (χ3v) is 3.90. The Bertz CT molecular complexity index is 173. The Morgan fingerprint density at radius 2 is 1.82 bits per heavy atom. The molecule has 0 N–H and O–H groups in total. The average Bonchev–Trinajstić information content (AvgIpc) is 1.88. The van der Waals surface area contributed by atoms with E-state index in [1.165, 1.54) is 0 Å². The molecule has 0 radical (unpaired) electrons. The van der Waals surface area contributed by atoms with Gasteiger partial charge in [0.15, 0.2) is 3.94 Å². The fourth-order valence-electron chi connectivity index (χ4n) is 0.488. The highest BCUT2D eigenvalue weighted by atomic mass is 32.1. The predicted molar refractivity (Wildman–Crippen MR) is 52.4 cm³/mol. The van der Waals surface area contributed by atoms with Gasteiger partial charge < -0.3 is 9.05 Å². The summed E-state index contributed by atoms with van der Waals surface area (Å²) in [5.74, 6) is 0. The highest BCUT2D eigenvalue weighted by molar-refractivity contribution is 8.26. The minimum atomic E-state index is -3.20. The summed E-state index contributed by atoms with van der Waals surface area (Å²) in [6, 6.07) is 0. The molecule has 0 fully saturated rings. The number of hydrogen-bond acceptors (Lipinski definition) is 4. The van der Waals surface area contributed by atoms with Crippen LogP contribution in [0, 0.1) is 0 Å². The molecule has 0 aliphatic heterocycles. The summed E-state index contributed by atoms with van der Waals surface area (Å²) >= 11 is 8.38. The maximum absolute atomic E-state index is 11.5. The van der Waals surface area contributed by atoms with Gasteiger partial charge in [-0.2, -0.15) is 0 Å². The zero-order valence-corrected chi connectivity index (χ0v) is 9.05. The number of rotatable bonds is 5. The molecular formula is C5H11O3PS2. The molecule has 3 nitrogen and oxygen atoms in total. The fourth-order valence-corrected chi connectivity index (χ4v) is 2.13. The summed E-state index contributed by atoms with van der Waals surface area (Å²) in [7, 11) is -3.20. The summed E-state index contributed by atoms with van der Waals surface area (Å²) in [4.78, 5) is 0. The van der Waals surface area contributed by atoms with Crippen molar-refractivity contribution in [2.75, 3.05) is 13.2 Å². The van der Waals surface area contributed by atoms with Crippen molar-refractivity contribution in [1.29, 1.82) is 0 Å². The molecule has 0 aliphatic rings. The van der Waals surface area contributed by atoms with E-state index in [1.807, 2.05) is 0 Å². The Labute approximate surface area is 77.4 Å². The van der Waals surface area contributed by atoms with E-state index in [1.54, 1.807) is 13.8 Å². The smallest absolute Gasteiger partial charge is 0.305 e. The lowest BCUT2D eigenvalue weighted by atomic mass is 10.9. The van der Waals surface area contributed by atoms with Gasteiger partial charge in [-0.3, -0.25) is 4.57 Å². The van der Waals surface area contributed by atoms with Crippen LogP contribution in [0.2, 0.25) is 0 Å². The van der Waals surface area contributed by atoms with E-state index in [0.717, 1.165) is 0 Å². The molecule has 0 aromatic heterocycles. The van der Waals surface area contributed by atoms with E-state index < -0.39 is 7.60 Å². The lowest BCUT2D eigenvalue weighted by Crippen LogP contribution is -1.99. The minimum absolute atomic E-state index is 0.0128. The van der Waals surface area contributed by atoms with Gasteiger partial charge in [-0.1, -0.05) is 12.2 Å². The van der Waals surface area contributed by atoms with Crippen molar-refractivity contribution in [1.82, 2.24) is 0 Å². The molecule has 0 unspecified atom stereocenters. The first-order valence-electron chi connectivity index (χ1n) is 3.19. The molecule has 0 rings (SSSR count). The summed E-state index contributed by atoms with van der Waals surface area (Å²) < 4.78 is 21.1. The van der Waals surface area contributed by atoms with E-state index in [0.29, 0.717) is 13.2 Å². The second kappa shape index (κ2) is 5.27. The van der Waals surface area contributed by atoms with Gasteiger partial charge in [0.2, 0.25) is 0 Å². The summed E-state index contributed by atoms with van der Waals surface area (Å²) in [5.41, 5.74) is 0. The molecule has 0 saturated carbocycles. The molecular weight excluding hydrogens is 203 g/mol. The van der Waals surface area contributed by atoms with Crippen LogP contribution in [0.15, 0.2) is 0 Å². The van der Waals surface area contributed by atoms with Crippen LogP contribution in [0.4, 0.5) is 0 Å². The largest absolute Gasteiger partial charge is 0.378 e. The van der Waals surface area contributed by atoms with E-state index in [9.17, 15) is 4.57 Å². The first kappa shape index (κ1) is 11.6. The molecule has 6 heteroatoms. The monoisotopic (exact) mass is 214 g/mol. The molecule has 0 amide bonds. The number of hydrogen-bond donors (Lipinski definition) is 1. The van der Waals surface area contributed by atoms with E-state index in [-0.39, 0.29) is 3.94 Å². The summed E-state index contributed by atoms with van der Waals surface area (Å²) in [6.45, 7) is 4.05. The van der Waals surface area contributed by atoms with Crippen LogP contribution >= 0.6 is 32.4 Å². The quantitative estimate of drug-likeness (QED) is 0.433. The molecule has 0 aliphatic carbocycles. The van der Waals surface area contributed by atoms with Gasteiger partial charge in [0, 0.05) is 0 Å². The fraction of sp³-hybridized carbons (Fsp3) is 0.800. The molecule has 0 atom stereocenters. The molecule has 0 aromatic carbocycles. The van der Waals surface area contributed by atoms with Crippen LogP contribution in [0.1, 0.15) is 13.8 Å². The summed E-state index contributed by atoms with van der Waals surface area (Å²) in [6.07, 6.45) is 0. The first-order chi connectivity index (χ1) is 5.06. The van der Waals surface area contributed by atoms with Crippen molar-refractivity contribution in [3.05, 3.63) is 0 Å². The van der Waals surface area contributed by atoms with Gasteiger partial charge in [0.1, 0.15) is 0 Å². The van der Waals surface area contributed by atoms with Gasteiger partial charge in [-0.25, -0.2) is 0 Å². The Kier molecular flexibility index (Phi) is 5.56. The maximum atomic E-state index is 11.5. The van der Waals surface area contributed by atoms with Crippen LogP contribution in [-0.4, -0.2) is 17.2 Å². The Balaban J connectivity index is 4.27. The molecule has 0 bridgehead atoms. The zero-order valence-electron chi connectivity index (χ0n) is 6.44. The van der Waals surface area contributed by atoms with Gasteiger partial charge in [-0.05, 0) is 13.8 Å². The van der Waals surface area contributed by atoms with E-state index in [4.69, 9.17) is 9.05 Å². The van der Waals surface area contributed by atoms with Gasteiger partial charge >= 0.3 is 7.60 Å². The summed E-state index contributed by atoms with van der Waals surface area (Å²) in [5, 5.41) is 0. The number of thiocarbonyl (C=S) groups is 1. The molecule has 11 heavy (non-hydrogen) atoms. The maximum Gasteiger partial charge on any atom is 0.378 e. The van der Waals surface area contributed by atoms with Crippen molar-refractivity contribution in [3.8, 4) is 0 Å². The highest BCUT2D eigenvalue weighted by Gasteiger charge is 2.26. The SMILES string of the molecule is CCOP(=O)(OCC)C(=S)S. The number of thiol groups is 1. The third kappa shape index (κ3) is 3.67. The van der Waals surface area contributed by atoms with E-state index in [2.05, 4.69) is 24.8 Å². The lowest BCUT2D eigenvalue weighted by Gasteiger charge is -2.13. The lowest BCUT2D eigenvalue weighted by molar-refractivity contribution is 0.233. The molecule has 66 valence electrons. The van der Waals surface area contributed by atoms with Gasteiger partial charge in [0.25, 0.3) is 0 Å². The normalized spacial score (nSPS) is 11.5. The van der Waals surface area contributed by atoms with E-state index >= 15 is 0 Å². The van der Waals surface area contributed by atoms with Crippen molar-refractivity contribution >= 4 is 36.4 Å². The van der Waals surface area contributed by atoms with Gasteiger partial charge in [-0.15, -0.1) is 12.6 Å². The molecule has 0 spiro atoms. The van der Waals surface area contributed by atoms with Crippen LogP contribution in [0.3, 0.4) is 0 Å². The molecule has 0 saturated heterocycles. The van der Waals surface area contributed by atoms with Crippen LogP contribution in [0.25, 0.3) is 0 Å². The third-order valence-electron chi connectivity index (χ3n) is 0.832. The topological polar surface area (TPSA) is 35.5 Å². The Morgan fingerprint density at radius 3 is 2.00 bits per heavy atom. The van der Waals surface area contributed by atoms with Crippen molar-refractivity contribution < 1.29 is 13.6 Å².